The van der Waals surface area contributed by atoms with Gasteiger partial charge in [0.2, 0.25) is 0 Å². The molecule has 1 amide bonds. The molecular weight excluding hydrogens is 414 g/mol. The molecule has 8 nitrogen and oxygen atoms in total. The quantitative estimate of drug-likeness (QED) is 0.483. The highest BCUT2D eigenvalue weighted by atomic mass is 32.2. The van der Waals surface area contributed by atoms with Gasteiger partial charge in [0.05, 0.1) is 10.9 Å². The molecular formula is C22H21N5O3S. The zero-order valence-electron chi connectivity index (χ0n) is 17.0. The number of nitrogens with one attached hydrogen (secondary N) is 2. The summed E-state index contributed by atoms with van der Waals surface area (Å²) >= 11 is 0. The minimum absolute atomic E-state index is 0.00121. The Morgan fingerprint density at radius 2 is 1.77 bits per heavy atom. The molecule has 4 rings (SSSR count). The number of aryl methyl sites for hydroxylation is 1. The summed E-state index contributed by atoms with van der Waals surface area (Å²) in [4.78, 5) is 12.8. The molecule has 2 aromatic carbocycles. The minimum atomic E-state index is -3.84. The zero-order valence-corrected chi connectivity index (χ0v) is 17.8. The Balaban J connectivity index is 1.53. The zero-order chi connectivity index (χ0) is 22.0. The van der Waals surface area contributed by atoms with Gasteiger partial charge in [0, 0.05) is 17.4 Å². The van der Waals surface area contributed by atoms with Gasteiger partial charge in [0.1, 0.15) is 0 Å². The summed E-state index contributed by atoms with van der Waals surface area (Å²) in [6.45, 7) is 3.71. The van der Waals surface area contributed by atoms with E-state index in [1.807, 2.05) is 43.5 Å². The number of amides is 1. The summed E-state index contributed by atoms with van der Waals surface area (Å²) in [7, 11) is -3.84. The second-order valence-electron chi connectivity index (χ2n) is 7.18. The van der Waals surface area contributed by atoms with Crippen molar-refractivity contribution < 1.29 is 13.2 Å². The summed E-state index contributed by atoms with van der Waals surface area (Å²) in [5, 5.41) is 11.1. The first kappa shape index (κ1) is 20.5. The van der Waals surface area contributed by atoms with E-state index in [-0.39, 0.29) is 10.5 Å². The monoisotopic (exact) mass is 435 g/mol. The molecule has 0 aliphatic carbocycles. The molecule has 2 heterocycles. The van der Waals surface area contributed by atoms with Crippen LogP contribution in [0.3, 0.4) is 0 Å². The van der Waals surface area contributed by atoms with Gasteiger partial charge in [-0.1, -0.05) is 29.8 Å². The average molecular weight is 436 g/mol. The predicted molar refractivity (Wildman–Crippen MR) is 117 cm³/mol. The van der Waals surface area contributed by atoms with Crippen LogP contribution in [0.15, 0.2) is 77.8 Å². The van der Waals surface area contributed by atoms with E-state index in [2.05, 4.69) is 20.2 Å². The Morgan fingerprint density at radius 3 is 2.55 bits per heavy atom. The molecule has 158 valence electrons. The first-order valence-electron chi connectivity index (χ1n) is 9.63. The van der Waals surface area contributed by atoms with Crippen LogP contribution in [0.25, 0.3) is 5.65 Å². The van der Waals surface area contributed by atoms with Crippen LogP contribution in [0, 0.1) is 6.92 Å². The van der Waals surface area contributed by atoms with Crippen LogP contribution >= 0.6 is 0 Å². The maximum Gasteiger partial charge on any atom is 0.261 e. The number of fused-ring (bicyclic) bond motifs is 1. The van der Waals surface area contributed by atoms with Crippen LogP contribution in [-0.2, 0) is 10.0 Å². The fourth-order valence-electron chi connectivity index (χ4n) is 3.14. The van der Waals surface area contributed by atoms with Crippen molar-refractivity contribution in [2.24, 2.45) is 0 Å². The summed E-state index contributed by atoms with van der Waals surface area (Å²) in [6.07, 6.45) is 1.82. The second-order valence-corrected chi connectivity index (χ2v) is 8.86. The van der Waals surface area contributed by atoms with Gasteiger partial charge >= 0.3 is 0 Å². The van der Waals surface area contributed by atoms with E-state index in [9.17, 15) is 13.2 Å². The van der Waals surface area contributed by atoms with E-state index in [0.29, 0.717) is 17.2 Å². The van der Waals surface area contributed by atoms with Crippen molar-refractivity contribution in [2.75, 3.05) is 4.72 Å². The van der Waals surface area contributed by atoms with Gasteiger partial charge in [-0.2, -0.15) is 0 Å². The molecule has 2 aromatic heterocycles. The molecule has 1 atom stereocenters. The van der Waals surface area contributed by atoms with Crippen LogP contribution in [0.1, 0.15) is 34.7 Å². The Hall–Kier alpha value is -3.72. The van der Waals surface area contributed by atoms with Crippen molar-refractivity contribution in [3.63, 3.8) is 0 Å². The number of carbonyl (C=O) groups excluding carboxylic acids is 1. The maximum atomic E-state index is 12.8. The predicted octanol–water partition coefficient (Wildman–Crippen LogP) is 3.33. The lowest BCUT2D eigenvalue weighted by atomic mass is 10.2. The van der Waals surface area contributed by atoms with Crippen molar-refractivity contribution >= 4 is 27.3 Å². The Bertz CT molecular complexity index is 1350. The van der Waals surface area contributed by atoms with Crippen LogP contribution < -0.4 is 10.0 Å². The van der Waals surface area contributed by atoms with Gasteiger partial charge in [-0.15, -0.1) is 10.2 Å². The third-order valence-electron chi connectivity index (χ3n) is 4.79. The lowest BCUT2D eigenvalue weighted by Gasteiger charge is -2.13. The Labute approximate surface area is 180 Å². The molecule has 0 saturated heterocycles. The highest BCUT2D eigenvalue weighted by Crippen LogP contribution is 2.19. The number of sulfonamides is 1. The van der Waals surface area contributed by atoms with Crippen molar-refractivity contribution in [2.45, 2.75) is 24.8 Å². The highest BCUT2D eigenvalue weighted by Gasteiger charge is 2.19. The van der Waals surface area contributed by atoms with Crippen LogP contribution in [-0.4, -0.2) is 28.9 Å². The molecule has 0 fully saturated rings. The number of pyridine rings is 1. The Kier molecular flexibility index (Phi) is 5.43. The maximum absolute atomic E-state index is 12.8. The molecule has 2 N–H and O–H groups in total. The fourth-order valence-corrected chi connectivity index (χ4v) is 4.24. The number of hydrogen-bond acceptors (Lipinski definition) is 5. The lowest BCUT2D eigenvalue weighted by Crippen LogP contribution is -2.28. The van der Waals surface area contributed by atoms with Crippen molar-refractivity contribution in [1.82, 2.24) is 19.9 Å². The number of aromatic nitrogens is 3. The lowest BCUT2D eigenvalue weighted by molar-refractivity contribution is 0.0938. The van der Waals surface area contributed by atoms with Gasteiger partial charge in [-0.3, -0.25) is 13.9 Å². The number of carbonyl (C=O) groups is 1. The molecule has 31 heavy (non-hydrogen) atoms. The number of anilines is 1. The fraction of sp³-hybridized carbons (Fsp3) is 0.136. The Morgan fingerprint density at radius 1 is 1.00 bits per heavy atom. The summed E-state index contributed by atoms with van der Waals surface area (Å²) in [6, 6.07) is 18.0. The first-order chi connectivity index (χ1) is 14.8. The molecule has 0 aliphatic rings. The van der Waals surface area contributed by atoms with Crippen molar-refractivity contribution in [3.05, 3.63) is 89.9 Å². The SMILES string of the molecule is Cc1ccc(NS(=O)(=O)c2cccc(C(=O)NC(C)c3nnc4ccccn34)c2)cc1. The molecule has 1 unspecified atom stereocenters. The van der Waals surface area contributed by atoms with Crippen LogP contribution in [0.4, 0.5) is 5.69 Å². The number of nitrogens with zero attached hydrogens (tertiary/aromatic N) is 3. The van der Waals surface area contributed by atoms with Gasteiger partial charge in [-0.05, 0) is 56.3 Å². The number of benzene rings is 2. The molecule has 0 aliphatic heterocycles. The molecule has 0 spiro atoms. The van der Waals surface area contributed by atoms with Crippen LogP contribution in [0.5, 0.6) is 0 Å². The van der Waals surface area contributed by atoms with Gasteiger partial charge < -0.3 is 5.32 Å². The summed E-state index contributed by atoms with van der Waals surface area (Å²) < 4.78 is 29.8. The topological polar surface area (TPSA) is 105 Å². The standard InChI is InChI=1S/C22H21N5O3S/c1-15-9-11-18(12-10-15)26-31(29,30)19-7-5-6-17(14-19)22(28)23-16(2)21-25-24-20-8-3-4-13-27(20)21/h3-14,16,26H,1-2H3,(H,23,28). The highest BCUT2D eigenvalue weighted by molar-refractivity contribution is 7.92. The normalized spacial score (nSPS) is 12.5. The molecule has 4 aromatic rings. The number of hydrogen-bond donors (Lipinski definition) is 2. The summed E-state index contributed by atoms with van der Waals surface area (Å²) in [5.74, 6) is 0.168. The van der Waals surface area contributed by atoms with Gasteiger partial charge in [0.25, 0.3) is 15.9 Å². The van der Waals surface area contributed by atoms with E-state index in [1.165, 1.54) is 18.2 Å². The summed E-state index contributed by atoms with van der Waals surface area (Å²) in [5.41, 5.74) is 2.38. The molecule has 0 saturated carbocycles. The first-order valence-corrected chi connectivity index (χ1v) is 11.1. The van der Waals surface area contributed by atoms with Crippen LogP contribution in [0.2, 0.25) is 0 Å². The van der Waals surface area contributed by atoms with Gasteiger partial charge in [0.15, 0.2) is 11.5 Å². The van der Waals surface area contributed by atoms with E-state index >= 15 is 0 Å². The van der Waals surface area contributed by atoms with E-state index in [1.54, 1.807) is 29.5 Å². The van der Waals surface area contributed by atoms with E-state index in [0.717, 1.165) is 5.56 Å². The molecule has 9 heteroatoms. The molecule has 0 radical (unpaired) electrons. The molecule has 0 bridgehead atoms. The number of rotatable bonds is 6. The van der Waals surface area contributed by atoms with E-state index < -0.39 is 22.0 Å². The van der Waals surface area contributed by atoms with Crippen molar-refractivity contribution in [1.29, 1.82) is 0 Å². The largest absolute Gasteiger partial charge is 0.342 e. The minimum Gasteiger partial charge on any atom is -0.342 e. The average Bonchev–Trinajstić information content (AvgIpc) is 3.20. The van der Waals surface area contributed by atoms with Crippen molar-refractivity contribution in [3.8, 4) is 0 Å². The van der Waals surface area contributed by atoms with E-state index in [4.69, 9.17) is 0 Å². The third-order valence-corrected chi connectivity index (χ3v) is 6.16. The third kappa shape index (κ3) is 4.41. The smallest absolute Gasteiger partial charge is 0.261 e. The second kappa shape index (κ2) is 8.19. The van der Waals surface area contributed by atoms with Gasteiger partial charge in [-0.25, -0.2) is 8.42 Å².